The van der Waals surface area contributed by atoms with Crippen molar-refractivity contribution in [2.24, 2.45) is 0 Å². The molecule has 0 saturated heterocycles. The van der Waals surface area contributed by atoms with E-state index in [2.05, 4.69) is 0 Å². The molecule has 1 N–H and O–H groups in total. The van der Waals surface area contributed by atoms with Gasteiger partial charge in [0, 0.05) is 5.39 Å². The van der Waals surface area contributed by atoms with E-state index in [1.165, 1.54) is 12.1 Å². The number of carboxylic acid groups (broad SMARTS) is 1. The van der Waals surface area contributed by atoms with Crippen LogP contribution in [0.15, 0.2) is 60.7 Å². The minimum absolute atomic E-state index is 0.112. The van der Waals surface area contributed by atoms with E-state index in [0.29, 0.717) is 18.0 Å². The third-order valence-electron chi connectivity index (χ3n) is 4.94. The van der Waals surface area contributed by atoms with E-state index in [-0.39, 0.29) is 18.1 Å². The number of benzene rings is 3. The molecule has 6 nitrogen and oxygen atoms in total. The lowest BCUT2D eigenvalue weighted by atomic mass is 10.0. The first-order chi connectivity index (χ1) is 13.9. The van der Waals surface area contributed by atoms with Crippen molar-refractivity contribution in [1.29, 1.82) is 0 Å². The molecule has 4 rings (SSSR count). The van der Waals surface area contributed by atoms with Gasteiger partial charge in [-0.25, -0.2) is 4.79 Å². The SMILES string of the molecule is CC1(C)Oc2cc(C(=O)O)ccc2N(CCOc2cccc3ccccc23)C1=O. The summed E-state index contributed by atoms with van der Waals surface area (Å²) in [6, 6.07) is 18.3. The molecule has 1 aliphatic heterocycles. The summed E-state index contributed by atoms with van der Waals surface area (Å²) in [7, 11) is 0. The highest BCUT2D eigenvalue weighted by molar-refractivity contribution is 6.03. The minimum atomic E-state index is -1.09. The Morgan fingerprint density at radius 2 is 1.86 bits per heavy atom. The topological polar surface area (TPSA) is 76.1 Å². The molecule has 0 fully saturated rings. The highest BCUT2D eigenvalue weighted by Gasteiger charge is 2.41. The number of hydrogen-bond acceptors (Lipinski definition) is 4. The zero-order valence-corrected chi connectivity index (χ0v) is 16.2. The number of amides is 1. The van der Waals surface area contributed by atoms with E-state index >= 15 is 0 Å². The van der Waals surface area contributed by atoms with Crippen LogP contribution in [0.4, 0.5) is 5.69 Å². The lowest BCUT2D eigenvalue weighted by molar-refractivity contribution is -0.132. The van der Waals surface area contributed by atoms with Crippen LogP contribution in [-0.4, -0.2) is 35.7 Å². The third-order valence-corrected chi connectivity index (χ3v) is 4.94. The number of carboxylic acids is 1. The van der Waals surface area contributed by atoms with Gasteiger partial charge in [0.15, 0.2) is 5.60 Å². The molecule has 1 aliphatic rings. The second kappa shape index (κ2) is 7.13. The van der Waals surface area contributed by atoms with Gasteiger partial charge in [-0.1, -0.05) is 36.4 Å². The van der Waals surface area contributed by atoms with E-state index in [0.717, 1.165) is 16.5 Å². The molecule has 3 aromatic rings. The van der Waals surface area contributed by atoms with E-state index in [4.69, 9.17) is 9.47 Å². The van der Waals surface area contributed by atoms with Gasteiger partial charge < -0.3 is 19.5 Å². The van der Waals surface area contributed by atoms with Crippen LogP contribution in [-0.2, 0) is 4.79 Å². The molecule has 0 radical (unpaired) electrons. The number of rotatable bonds is 5. The van der Waals surface area contributed by atoms with Crippen LogP contribution in [0.2, 0.25) is 0 Å². The molecule has 0 aliphatic carbocycles. The number of anilines is 1. The van der Waals surface area contributed by atoms with Crippen molar-refractivity contribution >= 4 is 28.3 Å². The van der Waals surface area contributed by atoms with Gasteiger partial charge in [0.05, 0.1) is 17.8 Å². The summed E-state index contributed by atoms with van der Waals surface area (Å²) in [5.74, 6) is -0.115. The Balaban J connectivity index is 1.58. The largest absolute Gasteiger partial charge is 0.491 e. The summed E-state index contributed by atoms with van der Waals surface area (Å²) < 4.78 is 11.8. The van der Waals surface area contributed by atoms with Crippen molar-refractivity contribution in [3.63, 3.8) is 0 Å². The second-order valence-electron chi connectivity index (χ2n) is 7.38. The Labute approximate surface area is 168 Å². The lowest BCUT2D eigenvalue weighted by Gasteiger charge is -2.38. The van der Waals surface area contributed by atoms with Crippen molar-refractivity contribution in [3.05, 3.63) is 66.2 Å². The van der Waals surface area contributed by atoms with E-state index in [9.17, 15) is 14.7 Å². The number of hydrogen-bond donors (Lipinski definition) is 1. The first kappa shape index (κ1) is 18.8. The molecule has 3 aromatic carbocycles. The number of carbonyl (C=O) groups excluding carboxylic acids is 1. The standard InChI is InChI=1S/C23H21NO5/c1-23(2)22(27)24(18-11-10-16(21(25)26)14-20(18)29-23)12-13-28-19-9-5-7-15-6-3-4-8-17(15)19/h3-11,14H,12-13H2,1-2H3,(H,25,26). The molecule has 6 heteroatoms. The van der Waals surface area contributed by atoms with Crippen LogP contribution in [0.25, 0.3) is 10.8 Å². The molecule has 0 spiro atoms. The summed E-state index contributed by atoms with van der Waals surface area (Å²) in [4.78, 5) is 25.8. The Morgan fingerprint density at radius 3 is 2.66 bits per heavy atom. The number of nitrogens with zero attached hydrogens (tertiary/aromatic N) is 1. The summed E-state index contributed by atoms with van der Waals surface area (Å²) in [6.07, 6.45) is 0. The summed E-state index contributed by atoms with van der Waals surface area (Å²) >= 11 is 0. The quantitative estimate of drug-likeness (QED) is 0.708. The summed E-state index contributed by atoms with van der Waals surface area (Å²) in [5.41, 5.74) is -0.439. The van der Waals surface area contributed by atoms with Crippen LogP contribution in [0.5, 0.6) is 11.5 Å². The second-order valence-corrected chi connectivity index (χ2v) is 7.38. The molecule has 0 unspecified atom stereocenters. The van der Waals surface area contributed by atoms with Crippen molar-refractivity contribution in [2.45, 2.75) is 19.4 Å². The molecular formula is C23H21NO5. The van der Waals surface area contributed by atoms with Gasteiger partial charge in [-0.2, -0.15) is 0 Å². The van der Waals surface area contributed by atoms with Crippen LogP contribution >= 0.6 is 0 Å². The normalized spacial score (nSPS) is 15.0. The predicted molar refractivity (Wildman–Crippen MR) is 110 cm³/mol. The van der Waals surface area contributed by atoms with E-state index in [1.54, 1.807) is 24.8 Å². The Kier molecular flexibility index (Phi) is 4.62. The summed E-state index contributed by atoms with van der Waals surface area (Å²) in [6.45, 7) is 3.94. The third kappa shape index (κ3) is 3.49. The number of fused-ring (bicyclic) bond motifs is 2. The van der Waals surface area contributed by atoms with Crippen molar-refractivity contribution in [2.75, 3.05) is 18.1 Å². The lowest BCUT2D eigenvalue weighted by Crippen LogP contribution is -2.53. The molecule has 148 valence electrons. The zero-order valence-electron chi connectivity index (χ0n) is 16.2. The maximum absolute atomic E-state index is 12.9. The number of ether oxygens (including phenoxy) is 2. The van der Waals surface area contributed by atoms with Gasteiger partial charge in [-0.3, -0.25) is 4.79 Å². The van der Waals surface area contributed by atoms with Crippen molar-refractivity contribution in [1.82, 2.24) is 0 Å². The Hall–Kier alpha value is -3.54. The predicted octanol–water partition coefficient (Wildman–Crippen LogP) is 4.12. The highest BCUT2D eigenvalue weighted by Crippen LogP contribution is 2.38. The fourth-order valence-electron chi connectivity index (χ4n) is 3.50. The summed E-state index contributed by atoms with van der Waals surface area (Å²) in [5, 5.41) is 11.3. The fraction of sp³-hybridized carbons (Fsp3) is 0.217. The van der Waals surface area contributed by atoms with Crippen molar-refractivity contribution < 1.29 is 24.2 Å². The van der Waals surface area contributed by atoms with Gasteiger partial charge in [-0.15, -0.1) is 0 Å². The first-order valence-electron chi connectivity index (χ1n) is 9.36. The van der Waals surface area contributed by atoms with E-state index in [1.807, 2.05) is 42.5 Å². The molecule has 29 heavy (non-hydrogen) atoms. The minimum Gasteiger partial charge on any atom is -0.491 e. The molecule has 0 atom stereocenters. The fourth-order valence-corrected chi connectivity index (χ4v) is 3.50. The number of aromatic carboxylic acids is 1. The Morgan fingerprint density at radius 1 is 1.10 bits per heavy atom. The maximum Gasteiger partial charge on any atom is 0.335 e. The van der Waals surface area contributed by atoms with Gasteiger partial charge in [0.2, 0.25) is 0 Å². The maximum atomic E-state index is 12.9. The Bertz CT molecular complexity index is 1100. The monoisotopic (exact) mass is 391 g/mol. The van der Waals surface area contributed by atoms with Gasteiger partial charge in [0.1, 0.15) is 18.1 Å². The van der Waals surface area contributed by atoms with Crippen molar-refractivity contribution in [3.8, 4) is 11.5 Å². The molecule has 0 saturated carbocycles. The van der Waals surface area contributed by atoms with Crippen LogP contribution in [0.1, 0.15) is 24.2 Å². The molecule has 0 aromatic heterocycles. The number of carbonyl (C=O) groups is 2. The van der Waals surface area contributed by atoms with Gasteiger partial charge in [0.25, 0.3) is 5.91 Å². The average molecular weight is 391 g/mol. The molecule has 1 heterocycles. The molecular weight excluding hydrogens is 370 g/mol. The van der Waals surface area contributed by atoms with E-state index < -0.39 is 11.6 Å². The molecule has 0 bridgehead atoms. The van der Waals surface area contributed by atoms with Crippen LogP contribution < -0.4 is 14.4 Å². The molecule has 1 amide bonds. The average Bonchev–Trinajstić information content (AvgIpc) is 2.70. The smallest absolute Gasteiger partial charge is 0.335 e. The zero-order chi connectivity index (χ0) is 20.6. The van der Waals surface area contributed by atoms with Crippen LogP contribution in [0, 0.1) is 0 Å². The highest BCUT2D eigenvalue weighted by atomic mass is 16.5. The van der Waals surface area contributed by atoms with Gasteiger partial charge >= 0.3 is 5.97 Å². The first-order valence-corrected chi connectivity index (χ1v) is 9.36. The van der Waals surface area contributed by atoms with Crippen LogP contribution in [0.3, 0.4) is 0 Å². The van der Waals surface area contributed by atoms with Gasteiger partial charge in [-0.05, 0) is 43.5 Å².